The lowest BCUT2D eigenvalue weighted by atomic mass is 10.1. The Morgan fingerprint density at radius 1 is 0.897 bits per heavy atom. The van der Waals surface area contributed by atoms with Crippen LogP contribution >= 0.6 is 0 Å². The minimum absolute atomic E-state index is 0.302. The van der Waals surface area contributed by atoms with Crippen LogP contribution in [0.15, 0.2) is 41.4 Å². The number of benzene rings is 2. The predicted octanol–water partition coefficient (Wildman–Crippen LogP) is 2.77. The number of ether oxygens (including phenoxy) is 4. The van der Waals surface area contributed by atoms with Gasteiger partial charge in [0.25, 0.3) is 0 Å². The van der Waals surface area contributed by atoms with Crippen molar-refractivity contribution in [2.75, 3.05) is 41.1 Å². The first-order chi connectivity index (χ1) is 14.2. The zero-order valence-electron chi connectivity index (χ0n) is 17.3. The SMILES string of the molecule is CN=C(NCCCc1ccc(OC)c(OC)c1)NCCc1ccc2c(c1)OCO2. The Labute approximate surface area is 172 Å². The smallest absolute Gasteiger partial charge is 0.231 e. The topological polar surface area (TPSA) is 73.3 Å². The van der Waals surface area contributed by atoms with Crippen LogP contribution in [0.2, 0.25) is 0 Å². The number of nitrogens with zero attached hydrogens (tertiary/aromatic N) is 1. The molecule has 0 saturated carbocycles. The van der Waals surface area contributed by atoms with E-state index in [4.69, 9.17) is 18.9 Å². The molecule has 7 heteroatoms. The van der Waals surface area contributed by atoms with Gasteiger partial charge in [0.05, 0.1) is 14.2 Å². The second kappa shape index (κ2) is 10.5. The third-order valence-electron chi connectivity index (χ3n) is 4.75. The quantitative estimate of drug-likeness (QED) is 0.384. The number of rotatable bonds is 9. The summed E-state index contributed by atoms with van der Waals surface area (Å²) in [5.74, 6) is 3.95. The molecule has 3 rings (SSSR count). The number of aryl methyl sites for hydroxylation is 1. The highest BCUT2D eigenvalue weighted by atomic mass is 16.7. The molecule has 0 saturated heterocycles. The number of nitrogens with one attached hydrogen (secondary N) is 2. The van der Waals surface area contributed by atoms with Gasteiger partial charge in [0, 0.05) is 20.1 Å². The van der Waals surface area contributed by atoms with Crippen molar-refractivity contribution in [3.05, 3.63) is 47.5 Å². The highest BCUT2D eigenvalue weighted by molar-refractivity contribution is 5.79. The maximum absolute atomic E-state index is 5.42. The Morgan fingerprint density at radius 3 is 2.41 bits per heavy atom. The van der Waals surface area contributed by atoms with Crippen LogP contribution in [0.25, 0.3) is 0 Å². The standard InChI is InChI=1S/C22H29N3O4/c1-23-22(25-12-10-17-7-9-19-21(14-17)29-15-28-19)24-11-4-5-16-6-8-18(26-2)20(13-16)27-3/h6-9,13-14H,4-5,10-12,15H2,1-3H3,(H2,23,24,25). The molecule has 0 aromatic heterocycles. The molecule has 1 aliphatic rings. The van der Waals surface area contributed by atoms with Crippen LogP contribution in [0.1, 0.15) is 17.5 Å². The summed E-state index contributed by atoms with van der Waals surface area (Å²) in [4.78, 5) is 4.28. The first kappa shape index (κ1) is 20.6. The lowest BCUT2D eigenvalue weighted by Gasteiger charge is -2.13. The molecular weight excluding hydrogens is 370 g/mol. The van der Waals surface area contributed by atoms with E-state index < -0.39 is 0 Å². The van der Waals surface area contributed by atoms with Crippen molar-refractivity contribution in [3.63, 3.8) is 0 Å². The van der Waals surface area contributed by atoms with E-state index in [2.05, 4.69) is 27.8 Å². The zero-order valence-corrected chi connectivity index (χ0v) is 17.3. The summed E-state index contributed by atoms with van der Waals surface area (Å²) in [6.45, 7) is 1.92. The summed E-state index contributed by atoms with van der Waals surface area (Å²) >= 11 is 0. The average Bonchev–Trinajstić information content (AvgIpc) is 3.23. The number of guanidine groups is 1. The molecule has 2 N–H and O–H groups in total. The van der Waals surface area contributed by atoms with Gasteiger partial charge in [0.15, 0.2) is 29.0 Å². The molecule has 0 bridgehead atoms. The van der Waals surface area contributed by atoms with Crippen molar-refractivity contribution in [3.8, 4) is 23.0 Å². The van der Waals surface area contributed by atoms with Crippen molar-refractivity contribution in [1.82, 2.24) is 10.6 Å². The van der Waals surface area contributed by atoms with Gasteiger partial charge >= 0.3 is 0 Å². The molecule has 0 fully saturated rings. The average molecular weight is 399 g/mol. The number of aliphatic imine (C=N–C) groups is 1. The Morgan fingerprint density at radius 2 is 1.62 bits per heavy atom. The summed E-state index contributed by atoms with van der Waals surface area (Å²) in [5, 5.41) is 6.70. The zero-order chi connectivity index (χ0) is 20.5. The maximum Gasteiger partial charge on any atom is 0.231 e. The molecule has 29 heavy (non-hydrogen) atoms. The van der Waals surface area contributed by atoms with Gasteiger partial charge in [-0.3, -0.25) is 4.99 Å². The molecule has 0 unspecified atom stereocenters. The van der Waals surface area contributed by atoms with E-state index in [9.17, 15) is 0 Å². The lowest BCUT2D eigenvalue weighted by Crippen LogP contribution is -2.38. The Balaban J connectivity index is 1.37. The van der Waals surface area contributed by atoms with Crippen LogP contribution in [0.4, 0.5) is 0 Å². The normalized spacial score (nSPS) is 12.6. The van der Waals surface area contributed by atoms with Crippen molar-refractivity contribution in [2.45, 2.75) is 19.3 Å². The Hall–Kier alpha value is -3.09. The lowest BCUT2D eigenvalue weighted by molar-refractivity contribution is 0.174. The summed E-state index contributed by atoms with van der Waals surface area (Å²) in [6.07, 6.45) is 2.81. The van der Waals surface area contributed by atoms with Gasteiger partial charge in [-0.05, 0) is 54.7 Å². The fourth-order valence-corrected chi connectivity index (χ4v) is 3.18. The highest BCUT2D eigenvalue weighted by Gasteiger charge is 2.13. The molecule has 2 aromatic rings. The van der Waals surface area contributed by atoms with Crippen molar-refractivity contribution >= 4 is 5.96 Å². The molecule has 1 heterocycles. The first-order valence-corrected chi connectivity index (χ1v) is 9.77. The number of fused-ring (bicyclic) bond motifs is 1. The van der Waals surface area contributed by atoms with Crippen LogP contribution in [0.5, 0.6) is 23.0 Å². The molecule has 0 spiro atoms. The molecule has 2 aromatic carbocycles. The Kier molecular flexibility index (Phi) is 7.44. The van der Waals surface area contributed by atoms with Gasteiger partial charge in [0.2, 0.25) is 6.79 Å². The summed E-state index contributed by atoms with van der Waals surface area (Å²) in [6, 6.07) is 12.1. The molecule has 156 valence electrons. The van der Waals surface area contributed by atoms with Gasteiger partial charge in [-0.25, -0.2) is 0 Å². The van der Waals surface area contributed by atoms with Crippen LogP contribution in [0.3, 0.4) is 0 Å². The second-order valence-electron chi connectivity index (χ2n) is 6.66. The van der Waals surface area contributed by atoms with Crippen molar-refractivity contribution in [1.29, 1.82) is 0 Å². The summed E-state index contributed by atoms with van der Waals surface area (Å²) < 4.78 is 21.4. The molecular formula is C22H29N3O4. The van der Waals surface area contributed by atoms with Gasteiger partial charge in [-0.2, -0.15) is 0 Å². The molecule has 0 aliphatic carbocycles. The van der Waals surface area contributed by atoms with Crippen LogP contribution < -0.4 is 29.6 Å². The third-order valence-corrected chi connectivity index (χ3v) is 4.75. The van der Waals surface area contributed by atoms with E-state index in [1.165, 1.54) is 11.1 Å². The largest absolute Gasteiger partial charge is 0.493 e. The number of hydrogen-bond acceptors (Lipinski definition) is 5. The van der Waals surface area contributed by atoms with Gasteiger partial charge < -0.3 is 29.6 Å². The molecule has 0 atom stereocenters. The van der Waals surface area contributed by atoms with E-state index in [0.717, 1.165) is 61.3 Å². The van der Waals surface area contributed by atoms with Crippen LogP contribution in [0, 0.1) is 0 Å². The minimum atomic E-state index is 0.302. The van der Waals surface area contributed by atoms with E-state index in [1.54, 1.807) is 21.3 Å². The highest BCUT2D eigenvalue weighted by Crippen LogP contribution is 2.32. The first-order valence-electron chi connectivity index (χ1n) is 9.77. The monoisotopic (exact) mass is 399 g/mol. The van der Waals surface area contributed by atoms with Crippen LogP contribution in [-0.4, -0.2) is 47.1 Å². The van der Waals surface area contributed by atoms with E-state index in [-0.39, 0.29) is 0 Å². The van der Waals surface area contributed by atoms with Gasteiger partial charge in [-0.1, -0.05) is 12.1 Å². The van der Waals surface area contributed by atoms with E-state index >= 15 is 0 Å². The molecule has 0 amide bonds. The van der Waals surface area contributed by atoms with E-state index in [1.807, 2.05) is 24.3 Å². The fourth-order valence-electron chi connectivity index (χ4n) is 3.18. The molecule has 0 radical (unpaired) electrons. The third kappa shape index (κ3) is 5.70. The molecule has 1 aliphatic heterocycles. The van der Waals surface area contributed by atoms with E-state index in [0.29, 0.717) is 6.79 Å². The maximum atomic E-state index is 5.42. The minimum Gasteiger partial charge on any atom is -0.493 e. The van der Waals surface area contributed by atoms with Crippen molar-refractivity contribution in [2.24, 2.45) is 4.99 Å². The van der Waals surface area contributed by atoms with Gasteiger partial charge in [-0.15, -0.1) is 0 Å². The number of hydrogen-bond donors (Lipinski definition) is 2. The predicted molar refractivity (Wildman–Crippen MR) is 114 cm³/mol. The number of methoxy groups -OCH3 is 2. The second-order valence-corrected chi connectivity index (χ2v) is 6.66. The summed E-state index contributed by atoms with van der Waals surface area (Å²) in [7, 11) is 5.08. The van der Waals surface area contributed by atoms with Crippen molar-refractivity contribution < 1.29 is 18.9 Å². The fraction of sp³-hybridized carbons (Fsp3) is 0.409. The van der Waals surface area contributed by atoms with Crippen LogP contribution in [-0.2, 0) is 12.8 Å². The Bertz CT molecular complexity index is 839. The summed E-state index contributed by atoms with van der Waals surface area (Å²) in [5.41, 5.74) is 2.42. The van der Waals surface area contributed by atoms with Gasteiger partial charge in [0.1, 0.15) is 0 Å². The molecule has 7 nitrogen and oxygen atoms in total.